The van der Waals surface area contributed by atoms with Gasteiger partial charge in [-0.15, -0.1) is 0 Å². The van der Waals surface area contributed by atoms with Crippen molar-refractivity contribution in [2.75, 3.05) is 36.8 Å². The molecular formula is C14H23N7. The van der Waals surface area contributed by atoms with Gasteiger partial charge in [0.2, 0.25) is 5.95 Å². The lowest BCUT2D eigenvalue weighted by Crippen LogP contribution is -2.33. The van der Waals surface area contributed by atoms with E-state index in [0.29, 0.717) is 17.6 Å². The Hall–Kier alpha value is -1.89. The van der Waals surface area contributed by atoms with E-state index in [-0.39, 0.29) is 0 Å². The Morgan fingerprint density at radius 2 is 2.14 bits per heavy atom. The second kappa shape index (κ2) is 6.26. The molecule has 0 radical (unpaired) electrons. The molecule has 21 heavy (non-hydrogen) atoms. The summed E-state index contributed by atoms with van der Waals surface area (Å²) in [6.07, 6.45) is 4.29. The second-order valence-electron chi connectivity index (χ2n) is 5.58. The highest BCUT2D eigenvalue weighted by atomic mass is 15.2. The summed E-state index contributed by atoms with van der Waals surface area (Å²) in [5, 5.41) is 6.64. The first kappa shape index (κ1) is 14.1. The van der Waals surface area contributed by atoms with Crippen LogP contribution in [-0.2, 0) is 0 Å². The quantitative estimate of drug-likeness (QED) is 0.750. The van der Waals surface area contributed by atoms with E-state index in [1.165, 1.54) is 25.9 Å². The highest BCUT2D eigenvalue weighted by molar-refractivity contribution is 5.83. The maximum Gasteiger partial charge on any atom is 0.226 e. The number of fused-ring (bicyclic) bond motifs is 1. The highest BCUT2D eigenvalue weighted by Crippen LogP contribution is 2.19. The zero-order valence-corrected chi connectivity index (χ0v) is 12.7. The minimum absolute atomic E-state index is 0.332. The Balaban J connectivity index is 1.76. The molecule has 1 fully saturated rings. The van der Waals surface area contributed by atoms with Crippen LogP contribution in [0.3, 0.4) is 0 Å². The largest absolute Gasteiger partial charge is 0.364 e. The van der Waals surface area contributed by atoms with E-state index in [1.54, 1.807) is 6.33 Å². The second-order valence-corrected chi connectivity index (χ2v) is 5.58. The van der Waals surface area contributed by atoms with Gasteiger partial charge in [-0.3, -0.25) is 0 Å². The summed E-state index contributed by atoms with van der Waals surface area (Å²) in [5.74, 6) is 1.44. The molecule has 114 valence electrons. The monoisotopic (exact) mass is 289 g/mol. The average molecular weight is 289 g/mol. The van der Waals surface area contributed by atoms with Crippen LogP contribution >= 0.6 is 0 Å². The van der Waals surface area contributed by atoms with Gasteiger partial charge >= 0.3 is 0 Å². The number of imidazole rings is 1. The summed E-state index contributed by atoms with van der Waals surface area (Å²) >= 11 is 0. The van der Waals surface area contributed by atoms with Gasteiger partial charge in [0, 0.05) is 19.1 Å². The van der Waals surface area contributed by atoms with Gasteiger partial charge in [0.25, 0.3) is 0 Å². The van der Waals surface area contributed by atoms with Crippen molar-refractivity contribution in [3.8, 4) is 0 Å². The number of anilines is 2. The molecule has 1 unspecified atom stereocenters. The number of likely N-dealkylation sites (tertiary alicyclic amines) is 1. The van der Waals surface area contributed by atoms with Gasteiger partial charge in [-0.25, -0.2) is 4.98 Å². The Morgan fingerprint density at radius 3 is 2.90 bits per heavy atom. The van der Waals surface area contributed by atoms with E-state index in [0.717, 1.165) is 24.4 Å². The first-order valence-corrected chi connectivity index (χ1v) is 7.70. The molecule has 1 aliphatic heterocycles. The number of rotatable bonds is 6. The van der Waals surface area contributed by atoms with Crippen molar-refractivity contribution in [3.63, 3.8) is 0 Å². The van der Waals surface area contributed by atoms with Crippen LogP contribution in [-0.4, -0.2) is 57.1 Å². The predicted molar refractivity (Wildman–Crippen MR) is 84.6 cm³/mol. The molecule has 3 N–H and O–H groups in total. The summed E-state index contributed by atoms with van der Waals surface area (Å²) in [6.45, 7) is 8.46. The van der Waals surface area contributed by atoms with Gasteiger partial charge in [-0.2, -0.15) is 9.97 Å². The molecule has 0 saturated carbocycles. The highest BCUT2D eigenvalue weighted by Gasteiger charge is 2.16. The Bertz CT molecular complexity index is 588. The number of aromatic amines is 1. The van der Waals surface area contributed by atoms with Crippen LogP contribution in [0.5, 0.6) is 0 Å². The molecule has 0 aliphatic carbocycles. The average Bonchev–Trinajstić information content (AvgIpc) is 3.09. The minimum Gasteiger partial charge on any atom is -0.364 e. The van der Waals surface area contributed by atoms with E-state index >= 15 is 0 Å². The van der Waals surface area contributed by atoms with Crippen LogP contribution in [0.2, 0.25) is 0 Å². The number of hydrogen-bond donors (Lipinski definition) is 3. The molecule has 1 saturated heterocycles. The van der Waals surface area contributed by atoms with E-state index in [2.05, 4.69) is 42.4 Å². The summed E-state index contributed by atoms with van der Waals surface area (Å²) < 4.78 is 0. The third-order valence-corrected chi connectivity index (χ3v) is 3.73. The fourth-order valence-corrected chi connectivity index (χ4v) is 2.81. The van der Waals surface area contributed by atoms with E-state index in [9.17, 15) is 0 Å². The first-order chi connectivity index (χ1) is 10.3. The smallest absolute Gasteiger partial charge is 0.226 e. The first-order valence-electron chi connectivity index (χ1n) is 7.70. The molecule has 7 heteroatoms. The molecule has 3 heterocycles. The van der Waals surface area contributed by atoms with E-state index in [4.69, 9.17) is 0 Å². The van der Waals surface area contributed by atoms with E-state index in [1.807, 2.05) is 6.92 Å². The van der Waals surface area contributed by atoms with Gasteiger partial charge < -0.3 is 20.5 Å². The Morgan fingerprint density at radius 1 is 1.33 bits per heavy atom. The molecule has 2 aromatic rings. The molecule has 7 nitrogen and oxygen atoms in total. The maximum atomic E-state index is 4.55. The third kappa shape index (κ3) is 3.24. The van der Waals surface area contributed by atoms with Crippen molar-refractivity contribution < 1.29 is 0 Å². The topological polar surface area (TPSA) is 81.8 Å². The molecule has 0 spiro atoms. The van der Waals surface area contributed by atoms with Gasteiger partial charge in [0.1, 0.15) is 5.52 Å². The van der Waals surface area contributed by atoms with Gasteiger partial charge in [-0.1, -0.05) is 0 Å². The number of nitrogens with zero attached hydrogens (tertiary/aromatic N) is 4. The van der Waals surface area contributed by atoms with E-state index < -0.39 is 0 Å². The zero-order valence-electron chi connectivity index (χ0n) is 12.7. The fourth-order valence-electron chi connectivity index (χ4n) is 2.81. The molecule has 3 rings (SSSR count). The standard InChI is InChI=1S/C14H23N7/c1-3-15-14-19-12-11(16-9-17-12)13(20-14)18-10(2)8-21-6-4-5-7-21/h9-10H,3-8H2,1-2H3,(H3,15,16,17,18,19,20). The van der Waals surface area contributed by atoms with Gasteiger partial charge in [0.05, 0.1) is 6.33 Å². The van der Waals surface area contributed by atoms with Crippen molar-refractivity contribution in [2.45, 2.75) is 32.7 Å². The number of hydrogen-bond acceptors (Lipinski definition) is 6. The van der Waals surface area contributed by atoms with Crippen LogP contribution in [0.1, 0.15) is 26.7 Å². The van der Waals surface area contributed by atoms with Gasteiger partial charge in [0.15, 0.2) is 11.5 Å². The molecule has 0 amide bonds. The Kier molecular flexibility index (Phi) is 4.19. The molecule has 1 atom stereocenters. The Labute approximate surface area is 124 Å². The van der Waals surface area contributed by atoms with Crippen LogP contribution in [0, 0.1) is 0 Å². The number of nitrogens with one attached hydrogen (secondary N) is 3. The van der Waals surface area contributed by atoms with Crippen LogP contribution < -0.4 is 10.6 Å². The van der Waals surface area contributed by atoms with Gasteiger partial charge in [-0.05, 0) is 39.8 Å². The molecule has 0 bridgehead atoms. The summed E-state index contributed by atoms with van der Waals surface area (Å²) in [7, 11) is 0. The molecule has 2 aromatic heterocycles. The van der Waals surface area contributed by atoms with Crippen molar-refractivity contribution in [2.24, 2.45) is 0 Å². The molecule has 1 aliphatic rings. The van der Waals surface area contributed by atoms with Crippen molar-refractivity contribution >= 4 is 22.9 Å². The lowest BCUT2D eigenvalue weighted by Gasteiger charge is -2.21. The molecular weight excluding hydrogens is 266 g/mol. The van der Waals surface area contributed by atoms with Crippen LogP contribution in [0.4, 0.5) is 11.8 Å². The van der Waals surface area contributed by atoms with Crippen LogP contribution in [0.15, 0.2) is 6.33 Å². The zero-order chi connectivity index (χ0) is 14.7. The summed E-state index contributed by atoms with van der Waals surface area (Å²) in [4.78, 5) is 18.8. The lowest BCUT2D eigenvalue weighted by molar-refractivity contribution is 0.327. The van der Waals surface area contributed by atoms with Crippen molar-refractivity contribution in [1.29, 1.82) is 0 Å². The third-order valence-electron chi connectivity index (χ3n) is 3.73. The number of H-pyrrole nitrogens is 1. The van der Waals surface area contributed by atoms with Crippen molar-refractivity contribution in [1.82, 2.24) is 24.8 Å². The molecule has 0 aromatic carbocycles. The predicted octanol–water partition coefficient (Wildman–Crippen LogP) is 1.68. The SMILES string of the molecule is CCNc1nc(NC(C)CN2CCCC2)c2[nH]cnc2n1. The maximum absolute atomic E-state index is 4.55. The normalized spacial score (nSPS) is 17.2. The lowest BCUT2D eigenvalue weighted by atomic mass is 10.3. The van der Waals surface area contributed by atoms with Crippen LogP contribution in [0.25, 0.3) is 11.2 Å². The van der Waals surface area contributed by atoms with Crippen molar-refractivity contribution in [3.05, 3.63) is 6.33 Å². The number of aromatic nitrogens is 4. The minimum atomic E-state index is 0.332. The summed E-state index contributed by atoms with van der Waals surface area (Å²) in [6, 6.07) is 0.332. The summed E-state index contributed by atoms with van der Waals surface area (Å²) in [5.41, 5.74) is 1.56. The fraction of sp³-hybridized carbons (Fsp3) is 0.643.